The highest BCUT2D eigenvalue weighted by Crippen LogP contribution is 2.18. The van der Waals surface area contributed by atoms with Gasteiger partial charge in [0.15, 0.2) is 0 Å². The molecule has 4 heteroatoms. The first kappa shape index (κ1) is 10.4. The standard InChI is InChI=1S/C11H17N3O/c1-14(2)11-5-3-4-9(13-11)10-8-12-6-7-15-10/h3-5,10,12H,6-8H2,1-2H3/t10-/m0/s1. The summed E-state index contributed by atoms with van der Waals surface area (Å²) in [5.74, 6) is 0.974. The van der Waals surface area contributed by atoms with Gasteiger partial charge < -0.3 is 15.0 Å². The van der Waals surface area contributed by atoms with Gasteiger partial charge in [-0.15, -0.1) is 0 Å². The lowest BCUT2D eigenvalue weighted by molar-refractivity contribution is 0.0251. The fraction of sp³-hybridized carbons (Fsp3) is 0.545. The van der Waals surface area contributed by atoms with Crippen LogP contribution >= 0.6 is 0 Å². The summed E-state index contributed by atoms with van der Waals surface area (Å²) in [7, 11) is 3.98. The van der Waals surface area contributed by atoms with Crippen LogP contribution in [0.15, 0.2) is 18.2 Å². The number of hydrogen-bond acceptors (Lipinski definition) is 4. The zero-order valence-corrected chi connectivity index (χ0v) is 9.23. The van der Waals surface area contributed by atoms with Crippen LogP contribution in [0.1, 0.15) is 11.8 Å². The third kappa shape index (κ3) is 2.46. The molecule has 0 aliphatic carbocycles. The number of nitrogens with zero attached hydrogens (tertiary/aromatic N) is 2. The molecule has 2 rings (SSSR count). The summed E-state index contributed by atoms with van der Waals surface area (Å²) in [6.07, 6.45) is 0.0960. The molecule has 1 aliphatic rings. The monoisotopic (exact) mass is 207 g/mol. The second-order valence-electron chi connectivity index (χ2n) is 3.88. The van der Waals surface area contributed by atoms with Crippen LogP contribution in [0.25, 0.3) is 0 Å². The summed E-state index contributed by atoms with van der Waals surface area (Å²) in [6.45, 7) is 2.55. The van der Waals surface area contributed by atoms with E-state index < -0.39 is 0 Å². The minimum Gasteiger partial charge on any atom is -0.369 e. The first-order chi connectivity index (χ1) is 7.27. The van der Waals surface area contributed by atoms with Crippen LogP contribution in [0, 0.1) is 0 Å². The quantitative estimate of drug-likeness (QED) is 0.778. The Labute approximate surface area is 90.3 Å². The van der Waals surface area contributed by atoms with Crippen molar-refractivity contribution in [3.63, 3.8) is 0 Å². The average Bonchev–Trinajstić information content (AvgIpc) is 2.30. The minimum absolute atomic E-state index is 0.0960. The third-order valence-corrected chi connectivity index (χ3v) is 2.47. The van der Waals surface area contributed by atoms with E-state index in [-0.39, 0.29) is 6.10 Å². The highest BCUT2D eigenvalue weighted by atomic mass is 16.5. The molecule has 1 aromatic heterocycles. The first-order valence-corrected chi connectivity index (χ1v) is 5.24. The van der Waals surface area contributed by atoms with Gasteiger partial charge in [-0.05, 0) is 12.1 Å². The van der Waals surface area contributed by atoms with Gasteiger partial charge in [-0.2, -0.15) is 0 Å². The topological polar surface area (TPSA) is 37.4 Å². The molecule has 1 fully saturated rings. The van der Waals surface area contributed by atoms with Crippen LogP contribution in [0.4, 0.5) is 5.82 Å². The van der Waals surface area contributed by atoms with Gasteiger partial charge in [0.1, 0.15) is 11.9 Å². The number of ether oxygens (including phenoxy) is 1. The highest BCUT2D eigenvalue weighted by molar-refractivity contribution is 5.37. The van der Waals surface area contributed by atoms with E-state index >= 15 is 0 Å². The maximum absolute atomic E-state index is 5.66. The number of anilines is 1. The molecule has 15 heavy (non-hydrogen) atoms. The Balaban J connectivity index is 2.16. The fourth-order valence-corrected chi connectivity index (χ4v) is 1.62. The Hall–Kier alpha value is -1.13. The first-order valence-electron chi connectivity index (χ1n) is 5.24. The van der Waals surface area contributed by atoms with Crippen LogP contribution in [0.3, 0.4) is 0 Å². The number of aromatic nitrogens is 1. The van der Waals surface area contributed by atoms with E-state index in [1.54, 1.807) is 0 Å². The Morgan fingerprint density at radius 2 is 2.33 bits per heavy atom. The van der Waals surface area contributed by atoms with Gasteiger partial charge in [0.05, 0.1) is 12.3 Å². The molecular weight excluding hydrogens is 190 g/mol. The molecule has 0 saturated carbocycles. The van der Waals surface area contributed by atoms with Crippen LogP contribution in [-0.4, -0.2) is 38.8 Å². The SMILES string of the molecule is CN(C)c1cccc([C@@H]2CNCCO2)n1. The van der Waals surface area contributed by atoms with E-state index in [1.807, 2.05) is 37.2 Å². The van der Waals surface area contributed by atoms with Gasteiger partial charge in [-0.1, -0.05) is 6.07 Å². The van der Waals surface area contributed by atoms with E-state index in [9.17, 15) is 0 Å². The maximum Gasteiger partial charge on any atom is 0.128 e. The normalized spacial score (nSPS) is 21.3. The van der Waals surface area contributed by atoms with Crippen molar-refractivity contribution >= 4 is 5.82 Å². The average molecular weight is 207 g/mol. The number of morpholine rings is 1. The van der Waals surface area contributed by atoms with Gasteiger partial charge in [0, 0.05) is 27.2 Å². The summed E-state index contributed by atoms with van der Waals surface area (Å²) >= 11 is 0. The Kier molecular flexibility index (Phi) is 3.18. The smallest absolute Gasteiger partial charge is 0.128 e. The van der Waals surface area contributed by atoms with Crippen molar-refractivity contribution < 1.29 is 4.74 Å². The summed E-state index contributed by atoms with van der Waals surface area (Å²) < 4.78 is 5.66. The number of hydrogen-bond donors (Lipinski definition) is 1. The molecule has 1 aliphatic heterocycles. The van der Waals surface area contributed by atoms with Crippen molar-refractivity contribution in [1.29, 1.82) is 0 Å². The molecular formula is C11H17N3O. The molecule has 0 aromatic carbocycles. The lowest BCUT2D eigenvalue weighted by atomic mass is 10.2. The number of rotatable bonds is 2. The molecule has 1 N–H and O–H groups in total. The van der Waals surface area contributed by atoms with E-state index in [4.69, 9.17) is 4.74 Å². The summed E-state index contributed by atoms with van der Waals surface area (Å²) in [6, 6.07) is 6.04. The number of nitrogens with one attached hydrogen (secondary N) is 1. The Morgan fingerprint density at radius 1 is 1.47 bits per heavy atom. The molecule has 2 heterocycles. The van der Waals surface area contributed by atoms with Crippen LogP contribution in [0.5, 0.6) is 0 Å². The fourth-order valence-electron chi connectivity index (χ4n) is 1.62. The summed E-state index contributed by atoms with van der Waals surface area (Å²) in [5, 5.41) is 3.30. The lowest BCUT2D eigenvalue weighted by Gasteiger charge is -2.24. The van der Waals surface area contributed by atoms with Gasteiger partial charge in [-0.3, -0.25) is 0 Å². The molecule has 0 radical (unpaired) electrons. The molecule has 82 valence electrons. The number of pyridine rings is 1. The van der Waals surface area contributed by atoms with Crippen LogP contribution in [0.2, 0.25) is 0 Å². The predicted octanol–water partition coefficient (Wildman–Crippen LogP) is 0.808. The molecule has 4 nitrogen and oxygen atoms in total. The molecule has 1 aromatic rings. The van der Waals surface area contributed by atoms with Crippen molar-refractivity contribution in [3.05, 3.63) is 23.9 Å². The summed E-state index contributed by atoms with van der Waals surface area (Å²) in [5.41, 5.74) is 1.01. The van der Waals surface area contributed by atoms with Gasteiger partial charge >= 0.3 is 0 Å². The van der Waals surface area contributed by atoms with Crippen LogP contribution in [-0.2, 0) is 4.74 Å². The molecule has 1 atom stereocenters. The molecule has 0 bridgehead atoms. The Bertz CT molecular complexity index is 321. The van der Waals surface area contributed by atoms with E-state index in [0.29, 0.717) is 0 Å². The van der Waals surface area contributed by atoms with E-state index in [2.05, 4.69) is 10.3 Å². The van der Waals surface area contributed by atoms with Crippen LogP contribution < -0.4 is 10.2 Å². The lowest BCUT2D eigenvalue weighted by Crippen LogP contribution is -2.33. The zero-order chi connectivity index (χ0) is 10.7. The second-order valence-corrected chi connectivity index (χ2v) is 3.88. The molecule has 0 spiro atoms. The zero-order valence-electron chi connectivity index (χ0n) is 9.23. The molecule has 1 saturated heterocycles. The van der Waals surface area contributed by atoms with Crippen molar-refractivity contribution in [3.8, 4) is 0 Å². The molecule has 0 unspecified atom stereocenters. The van der Waals surface area contributed by atoms with E-state index in [1.165, 1.54) is 0 Å². The van der Waals surface area contributed by atoms with Crippen molar-refractivity contribution in [2.45, 2.75) is 6.10 Å². The second kappa shape index (κ2) is 4.59. The third-order valence-electron chi connectivity index (χ3n) is 2.47. The van der Waals surface area contributed by atoms with Crippen molar-refractivity contribution in [2.24, 2.45) is 0 Å². The van der Waals surface area contributed by atoms with Gasteiger partial charge in [-0.25, -0.2) is 4.98 Å². The van der Waals surface area contributed by atoms with Gasteiger partial charge in [0.2, 0.25) is 0 Å². The van der Waals surface area contributed by atoms with Gasteiger partial charge in [0.25, 0.3) is 0 Å². The maximum atomic E-state index is 5.66. The summed E-state index contributed by atoms with van der Waals surface area (Å²) in [4.78, 5) is 6.56. The highest BCUT2D eigenvalue weighted by Gasteiger charge is 2.17. The Morgan fingerprint density at radius 3 is 3.00 bits per heavy atom. The predicted molar refractivity (Wildman–Crippen MR) is 60.1 cm³/mol. The molecule has 0 amide bonds. The van der Waals surface area contributed by atoms with E-state index in [0.717, 1.165) is 31.2 Å². The largest absolute Gasteiger partial charge is 0.369 e. The minimum atomic E-state index is 0.0960. The van der Waals surface area contributed by atoms with Crippen molar-refractivity contribution in [1.82, 2.24) is 10.3 Å². The van der Waals surface area contributed by atoms with Crippen molar-refractivity contribution in [2.75, 3.05) is 38.7 Å².